The van der Waals surface area contributed by atoms with Crippen molar-refractivity contribution in [1.29, 1.82) is 0 Å². The molecule has 3 nitrogen and oxygen atoms in total. The Hall–Kier alpha value is -1.13. The summed E-state index contributed by atoms with van der Waals surface area (Å²) in [7, 11) is 0. The molecule has 0 atom stereocenters. The minimum absolute atomic E-state index is 0.377. The number of thiazole rings is 1. The van der Waals surface area contributed by atoms with E-state index < -0.39 is 5.41 Å². The molecule has 1 aromatic carbocycles. The maximum atomic E-state index is 11.3. The van der Waals surface area contributed by atoms with Crippen LogP contribution < -0.4 is 5.73 Å². The summed E-state index contributed by atoms with van der Waals surface area (Å²) >= 11 is 7.34. The third-order valence-corrected chi connectivity index (χ3v) is 4.08. The highest BCUT2D eigenvalue weighted by Gasteiger charge is 2.30. The van der Waals surface area contributed by atoms with Gasteiger partial charge < -0.3 is 5.73 Å². The number of hydrogen-bond acceptors (Lipinski definition) is 3. The van der Waals surface area contributed by atoms with Gasteiger partial charge in [0.15, 0.2) is 0 Å². The fraction of sp³-hybridized carbons (Fsp3) is 0.273. The van der Waals surface area contributed by atoms with Crippen LogP contribution in [0.25, 0.3) is 10.2 Å². The molecule has 2 N–H and O–H groups in total. The maximum absolute atomic E-state index is 11.3. The number of nitrogens with zero attached hydrogens (tertiary/aromatic N) is 1. The van der Waals surface area contributed by atoms with E-state index in [1.54, 1.807) is 19.9 Å². The van der Waals surface area contributed by atoms with Gasteiger partial charge in [0.1, 0.15) is 5.01 Å². The molecule has 5 heteroatoms. The molecule has 0 saturated heterocycles. The predicted octanol–water partition coefficient (Wildman–Crippen LogP) is 2.71. The quantitative estimate of drug-likeness (QED) is 0.896. The second kappa shape index (κ2) is 3.71. The van der Waals surface area contributed by atoms with Crippen molar-refractivity contribution in [3.8, 4) is 0 Å². The van der Waals surface area contributed by atoms with Crippen molar-refractivity contribution in [2.75, 3.05) is 0 Å². The molecule has 0 bridgehead atoms. The number of benzene rings is 1. The van der Waals surface area contributed by atoms with Crippen LogP contribution in [0.3, 0.4) is 0 Å². The lowest BCUT2D eigenvalue weighted by molar-refractivity contribution is -0.122. The zero-order valence-electron chi connectivity index (χ0n) is 8.95. The van der Waals surface area contributed by atoms with E-state index >= 15 is 0 Å². The van der Waals surface area contributed by atoms with Crippen LogP contribution in [0.15, 0.2) is 18.2 Å². The molecule has 1 heterocycles. The van der Waals surface area contributed by atoms with Gasteiger partial charge in [-0.3, -0.25) is 4.79 Å². The lowest BCUT2D eigenvalue weighted by Crippen LogP contribution is -2.35. The molecule has 0 unspecified atom stereocenters. The van der Waals surface area contributed by atoms with Gasteiger partial charge in [-0.1, -0.05) is 11.6 Å². The van der Waals surface area contributed by atoms with Crippen molar-refractivity contribution in [2.45, 2.75) is 19.3 Å². The Labute approximate surface area is 102 Å². The molecule has 0 aliphatic heterocycles. The zero-order chi connectivity index (χ0) is 11.9. The zero-order valence-corrected chi connectivity index (χ0v) is 10.5. The van der Waals surface area contributed by atoms with Gasteiger partial charge in [-0.05, 0) is 32.0 Å². The van der Waals surface area contributed by atoms with Crippen LogP contribution in [0.2, 0.25) is 5.02 Å². The van der Waals surface area contributed by atoms with E-state index in [9.17, 15) is 4.79 Å². The molecular formula is C11H11ClN2OS. The van der Waals surface area contributed by atoms with E-state index in [4.69, 9.17) is 17.3 Å². The summed E-state index contributed by atoms with van der Waals surface area (Å²) in [4.78, 5) is 15.7. The predicted molar refractivity (Wildman–Crippen MR) is 66.9 cm³/mol. The summed E-state index contributed by atoms with van der Waals surface area (Å²) in [6, 6.07) is 5.47. The van der Waals surface area contributed by atoms with Crippen LogP contribution in [0, 0.1) is 0 Å². The summed E-state index contributed by atoms with van der Waals surface area (Å²) in [5.41, 5.74) is 5.46. The Morgan fingerprint density at radius 2 is 2.19 bits per heavy atom. The van der Waals surface area contributed by atoms with E-state index in [2.05, 4.69) is 4.98 Å². The van der Waals surface area contributed by atoms with E-state index in [0.717, 1.165) is 15.2 Å². The monoisotopic (exact) mass is 254 g/mol. The molecule has 1 aromatic heterocycles. The number of rotatable bonds is 2. The molecular weight excluding hydrogens is 244 g/mol. The smallest absolute Gasteiger partial charge is 0.229 e. The van der Waals surface area contributed by atoms with Crippen molar-refractivity contribution in [1.82, 2.24) is 4.98 Å². The maximum Gasteiger partial charge on any atom is 0.229 e. The Bertz CT molecular complexity index is 562. The normalized spacial score (nSPS) is 11.9. The number of primary amides is 1. The highest BCUT2D eigenvalue weighted by Crippen LogP contribution is 2.32. The van der Waals surface area contributed by atoms with Gasteiger partial charge in [-0.25, -0.2) is 4.98 Å². The van der Waals surface area contributed by atoms with Crippen LogP contribution in [0.4, 0.5) is 0 Å². The number of fused-ring (bicyclic) bond motifs is 1. The molecule has 2 rings (SSSR count). The number of carbonyl (C=O) groups excluding carboxylic acids is 1. The summed E-state index contributed by atoms with van der Waals surface area (Å²) in [5, 5.41) is 1.39. The topological polar surface area (TPSA) is 56.0 Å². The van der Waals surface area contributed by atoms with Gasteiger partial charge in [0, 0.05) is 5.02 Å². The van der Waals surface area contributed by atoms with Crippen molar-refractivity contribution in [2.24, 2.45) is 5.73 Å². The first-order valence-corrected chi connectivity index (χ1v) is 5.97. The molecule has 1 amide bonds. The molecule has 0 saturated carbocycles. The van der Waals surface area contributed by atoms with Crippen molar-refractivity contribution in [3.05, 3.63) is 28.2 Å². The summed E-state index contributed by atoms with van der Waals surface area (Å²) in [5.74, 6) is -0.377. The van der Waals surface area contributed by atoms with E-state index in [1.807, 2.05) is 12.1 Å². The second-order valence-corrected chi connectivity index (χ2v) is 5.59. The third-order valence-electron chi connectivity index (χ3n) is 2.50. The van der Waals surface area contributed by atoms with Gasteiger partial charge in [-0.2, -0.15) is 0 Å². The lowest BCUT2D eigenvalue weighted by Gasteiger charge is -2.16. The lowest BCUT2D eigenvalue weighted by atomic mass is 9.94. The van der Waals surface area contributed by atoms with Gasteiger partial charge in [0.05, 0.1) is 15.6 Å². The average Bonchev–Trinajstić information content (AvgIpc) is 2.60. The summed E-state index contributed by atoms with van der Waals surface area (Å²) in [6.07, 6.45) is 0. The average molecular weight is 255 g/mol. The SMILES string of the molecule is CC(C)(C(N)=O)c1nc2ccc(Cl)cc2s1. The number of amides is 1. The third kappa shape index (κ3) is 1.79. The first kappa shape index (κ1) is 11.4. The molecule has 84 valence electrons. The second-order valence-electron chi connectivity index (χ2n) is 4.12. The molecule has 0 spiro atoms. The van der Waals surface area contributed by atoms with Crippen LogP contribution in [-0.2, 0) is 10.2 Å². The van der Waals surface area contributed by atoms with Crippen molar-refractivity contribution in [3.63, 3.8) is 0 Å². The fourth-order valence-electron chi connectivity index (χ4n) is 1.27. The van der Waals surface area contributed by atoms with Gasteiger partial charge >= 0.3 is 0 Å². The molecule has 0 radical (unpaired) electrons. The van der Waals surface area contributed by atoms with Gasteiger partial charge in [-0.15, -0.1) is 11.3 Å². The molecule has 0 aliphatic carbocycles. The van der Waals surface area contributed by atoms with Crippen molar-refractivity contribution < 1.29 is 4.79 Å². The number of hydrogen-bond donors (Lipinski definition) is 1. The Balaban J connectivity index is 2.59. The Kier molecular flexibility index (Phi) is 2.64. The Morgan fingerprint density at radius 3 is 2.81 bits per heavy atom. The minimum atomic E-state index is -0.740. The number of nitrogens with two attached hydrogens (primary N) is 1. The molecule has 16 heavy (non-hydrogen) atoms. The molecule has 0 aliphatic rings. The number of aromatic nitrogens is 1. The number of halogens is 1. The minimum Gasteiger partial charge on any atom is -0.369 e. The van der Waals surface area contributed by atoms with Crippen LogP contribution >= 0.6 is 22.9 Å². The van der Waals surface area contributed by atoms with E-state index in [0.29, 0.717) is 5.02 Å². The standard InChI is InChI=1S/C11H11ClN2OS/c1-11(2,9(13)15)10-14-7-4-3-6(12)5-8(7)16-10/h3-5H,1-2H3,(H2,13,15). The first-order chi connectivity index (χ1) is 7.41. The summed E-state index contributed by atoms with van der Waals surface area (Å²) < 4.78 is 0.969. The van der Waals surface area contributed by atoms with Crippen LogP contribution in [-0.4, -0.2) is 10.9 Å². The largest absolute Gasteiger partial charge is 0.369 e. The van der Waals surface area contributed by atoms with Crippen LogP contribution in [0.5, 0.6) is 0 Å². The first-order valence-electron chi connectivity index (χ1n) is 4.78. The fourth-order valence-corrected chi connectivity index (χ4v) is 2.62. The highest BCUT2D eigenvalue weighted by molar-refractivity contribution is 7.18. The highest BCUT2D eigenvalue weighted by atomic mass is 35.5. The molecule has 2 aromatic rings. The van der Waals surface area contributed by atoms with E-state index in [-0.39, 0.29) is 5.91 Å². The van der Waals surface area contributed by atoms with Gasteiger partial charge in [0.25, 0.3) is 0 Å². The molecule has 0 fully saturated rings. The van der Waals surface area contributed by atoms with Gasteiger partial charge in [0.2, 0.25) is 5.91 Å². The van der Waals surface area contributed by atoms with Crippen molar-refractivity contribution >= 4 is 39.1 Å². The number of carbonyl (C=O) groups is 1. The Morgan fingerprint density at radius 1 is 1.50 bits per heavy atom. The summed E-state index contributed by atoms with van der Waals surface area (Å²) in [6.45, 7) is 3.54. The van der Waals surface area contributed by atoms with E-state index in [1.165, 1.54) is 11.3 Å². The van der Waals surface area contributed by atoms with Crippen LogP contribution in [0.1, 0.15) is 18.9 Å².